The van der Waals surface area contributed by atoms with Crippen LogP contribution in [0.4, 0.5) is 4.79 Å². The lowest BCUT2D eigenvalue weighted by Crippen LogP contribution is -2.54. The summed E-state index contributed by atoms with van der Waals surface area (Å²) in [5, 5.41) is 2.58. The summed E-state index contributed by atoms with van der Waals surface area (Å²) in [4.78, 5) is 25.7. The molecule has 1 fully saturated rings. The van der Waals surface area contributed by atoms with Gasteiger partial charge in [-0.3, -0.25) is 4.79 Å². The zero-order valence-electron chi connectivity index (χ0n) is 16.0. The van der Waals surface area contributed by atoms with Crippen LogP contribution in [-0.2, 0) is 11.2 Å². The van der Waals surface area contributed by atoms with Crippen molar-refractivity contribution in [1.82, 2.24) is 10.2 Å². The van der Waals surface area contributed by atoms with Gasteiger partial charge in [-0.15, -0.1) is 0 Å². The van der Waals surface area contributed by atoms with Gasteiger partial charge in [-0.1, -0.05) is 26.0 Å². The molecule has 2 rings (SSSR count). The topological polar surface area (TPSA) is 84.7 Å². The SMILES string of the molecule is COc1ccc(CCC2CCN(C(=O)C(NC(N)=O)C(C)C)CC2)cc1. The largest absolute Gasteiger partial charge is 0.497 e. The third-order valence-corrected chi connectivity index (χ3v) is 5.16. The highest BCUT2D eigenvalue weighted by molar-refractivity contribution is 5.86. The molecule has 0 saturated carbocycles. The molecule has 1 saturated heterocycles. The van der Waals surface area contributed by atoms with Crippen molar-refractivity contribution >= 4 is 11.9 Å². The lowest BCUT2D eigenvalue weighted by molar-refractivity contribution is -0.135. The molecule has 3 amide bonds. The number of benzene rings is 1. The highest BCUT2D eigenvalue weighted by atomic mass is 16.5. The number of nitrogens with zero attached hydrogens (tertiary/aromatic N) is 1. The van der Waals surface area contributed by atoms with Gasteiger partial charge in [0.15, 0.2) is 0 Å². The zero-order valence-corrected chi connectivity index (χ0v) is 16.0. The maximum Gasteiger partial charge on any atom is 0.312 e. The number of rotatable bonds is 7. The number of hydrogen-bond acceptors (Lipinski definition) is 3. The summed E-state index contributed by atoms with van der Waals surface area (Å²) in [5.74, 6) is 1.50. The smallest absolute Gasteiger partial charge is 0.312 e. The van der Waals surface area contributed by atoms with Crippen LogP contribution < -0.4 is 15.8 Å². The molecule has 144 valence electrons. The van der Waals surface area contributed by atoms with Gasteiger partial charge < -0.3 is 20.7 Å². The van der Waals surface area contributed by atoms with E-state index >= 15 is 0 Å². The summed E-state index contributed by atoms with van der Waals surface area (Å²) >= 11 is 0. The van der Waals surface area contributed by atoms with Crippen molar-refractivity contribution in [1.29, 1.82) is 0 Å². The predicted octanol–water partition coefficient (Wildman–Crippen LogP) is 2.56. The van der Waals surface area contributed by atoms with Crippen LogP contribution in [0.1, 0.15) is 38.7 Å². The Balaban J connectivity index is 1.80. The molecule has 1 aliphatic heterocycles. The van der Waals surface area contributed by atoms with Crippen molar-refractivity contribution in [2.45, 2.75) is 45.6 Å². The van der Waals surface area contributed by atoms with Crippen molar-refractivity contribution < 1.29 is 14.3 Å². The average molecular weight is 361 g/mol. The Bertz CT molecular complexity index is 593. The number of aryl methyl sites for hydroxylation is 1. The molecule has 6 heteroatoms. The summed E-state index contributed by atoms with van der Waals surface area (Å²) in [6.45, 7) is 5.33. The Hall–Kier alpha value is -2.24. The molecule has 1 aromatic rings. The summed E-state index contributed by atoms with van der Waals surface area (Å²) in [5.41, 5.74) is 6.52. The lowest BCUT2D eigenvalue weighted by Gasteiger charge is -2.35. The van der Waals surface area contributed by atoms with Crippen molar-refractivity contribution in [2.24, 2.45) is 17.6 Å². The first kappa shape index (κ1) is 20.1. The van der Waals surface area contributed by atoms with E-state index in [-0.39, 0.29) is 11.8 Å². The molecule has 1 heterocycles. The molecular formula is C20H31N3O3. The Morgan fingerprint density at radius 2 is 1.85 bits per heavy atom. The van der Waals surface area contributed by atoms with Gasteiger partial charge in [0.05, 0.1) is 7.11 Å². The molecule has 3 N–H and O–H groups in total. The van der Waals surface area contributed by atoms with Gasteiger partial charge in [-0.25, -0.2) is 4.79 Å². The van der Waals surface area contributed by atoms with E-state index in [9.17, 15) is 9.59 Å². The van der Waals surface area contributed by atoms with E-state index in [1.165, 1.54) is 5.56 Å². The van der Waals surface area contributed by atoms with E-state index in [2.05, 4.69) is 17.4 Å². The van der Waals surface area contributed by atoms with E-state index in [0.29, 0.717) is 5.92 Å². The number of carbonyl (C=O) groups is 2. The number of amides is 3. The van der Waals surface area contributed by atoms with Gasteiger partial charge in [0, 0.05) is 13.1 Å². The minimum absolute atomic E-state index is 0.0165. The fraction of sp³-hybridized carbons (Fsp3) is 0.600. The zero-order chi connectivity index (χ0) is 19.1. The number of ether oxygens (including phenoxy) is 1. The number of primary amides is 1. The molecule has 0 aliphatic carbocycles. The van der Waals surface area contributed by atoms with Crippen LogP contribution in [0.3, 0.4) is 0 Å². The number of methoxy groups -OCH3 is 1. The molecular weight excluding hydrogens is 330 g/mol. The van der Waals surface area contributed by atoms with Gasteiger partial charge in [0.1, 0.15) is 11.8 Å². The molecule has 0 radical (unpaired) electrons. The third-order valence-electron chi connectivity index (χ3n) is 5.16. The number of hydrogen-bond donors (Lipinski definition) is 2. The van der Waals surface area contributed by atoms with Crippen LogP contribution in [0.25, 0.3) is 0 Å². The molecule has 0 aromatic heterocycles. The minimum atomic E-state index is -0.647. The fourth-order valence-electron chi connectivity index (χ4n) is 3.47. The Morgan fingerprint density at radius 3 is 2.35 bits per heavy atom. The van der Waals surface area contributed by atoms with E-state index in [1.54, 1.807) is 7.11 Å². The number of carbonyl (C=O) groups excluding carboxylic acids is 2. The standard InChI is InChI=1S/C20H31N3O3/c1-14(2)18(22-20(21)25)19(24)23-12-10-16(11-13-23)5-4-15-6-8-17(26-3)9-7-15/h6-9,14,16,18H,4-5,10-13H2,1-3H3,(H3,21,22,25). The molecule has 1 atom stereocenters. The highest BCUT2D eigenvalue weighted by Crippen LogP contribution is 2.24. The summed E-state index contributed by atoms with van der Waals surface area (Å²) in [6.07, 6.45) is 4.18. The molecule has 0 bridgehead atoms. The highest BCUT2D eigenvalue weighted by Gasteiger charge is 2.30. The number of nitrogens with two attached hydrogens (primary N) is 1. The first-order valence-corrected chi connectivity index (χ1v) is 9.38. The second-order valence-electron chi connectivity index (χ2n) is 7.39. The van der Waals surface area contributed by atoms with Crippen LogP contribution in [0, 0.1) is 11.8 Å². The quantitative estimate of drug-likeness (QED) is 0.783. The second-order valence-corrected chi connectivity index (χ2v) is 7.39. The predicted molar refractivity (Wildman–Crippen MR) is 102 cm³/mol. The van der Waals surface area contributed by atoms with E-state index in [4.69, 9.17) is 10.5 Å². The summed E-state index contributed by atoms with van der Waals surface area (Å²) < 4.78 is 5.19. The maximum absolute atomic E-state index is 12.7. The Labute approximate surface area is 156 Å². The number of piperidine rings is 1. The van der Waals surface area contributed by atoms with Crippen molar-refractivity contribution in [2.75, 3.05) is 20.2 Å². The van der Waals surface area contributed by atoms with Crippen LogP contribution in [0.15, 0.2) is 24.3 Å². The van der Waals surface area contributed by atoms with Crippen molar-refractivity contribution in [3.05, 3.63) is 29.8 Å². The van der Waals surface area contributed by atoms with Gasteiger partial charge in [0.2, 0.25) is 5.91 Å². The molecule has 1 unspecified atom stereocenters. The number of nitrogens with one attached hydrogen (secondary N) is 1. The van der Waals surface area contributed by atoms with E-state index in [1.807, 2.05) is 30.9 Å². The monoisotopic (exact) mass is 361 g/mol. The first-order chi connectivity index (χ1) is 12.4. The molecule has 0 spiro atoms. The first-order valence-electron chi connectivity index (χ1n) is 9.38. The van der Waals surface area contributed by atoms with Crippen LogP contribution in [-0.4, -0.2) is 43.1 Å². The molecule has 1 aliphatic rings. The summed E-state index contributed by atoms with van der Waals surface area (Å²) in [7, 11) is 1.67. The lowest BCUT2D eigenvalue weighted by atomic mass is 9.90. The van der Waals surface area contributed by atoms with E-state index < -0.39 is 12.1 Å². The number of urea groups is 1. The molecule has 1 aromatic carbocycles. The second kappa shape index (κ2) is 9.46. The van der Waals surface area contributed by atoms with Gasteiger partial charge in [0.25, 0.3) is 0 Å². The van der Waals surface area contributed by atoms with Crippen LogP contribution in [0.2, 0.25) is 0 Å². The van der Waals surface area contributed by atoms with Crippen molar-refractivity contribution in [3.8, 4) is 5.75 Å². The normalized spacial score (nSPS) is 16.4. The maximum atomic E-state index is 12.7. The van der Waals surface area contributed by atoms with E-state index in [0.717, 1.165) is 44.5 Å². The molecule has 26 heavy (non-hydrogen) atoms. The van der Waals surface area contributed by atoms with Crippen molar-refractivity contribution in [3.63, 3.8) is 0 Å². The Kier molecular flexibility index (Phi) is 7.30. The third kappa shape index (κ3) is 5.64. The van der Waals surface area contributed by atoms with Crippen LogP contribution in [0.5, 0.6) is 5.75 Å². The van der Waals surface area contributed by atoms with Gasteiger partial charge >= 0.3 is 6.03 Å². The van der Waals surface area contributed by atoms with Gasteiger partial charge in [-0.05, 0) is 55.2 Å². The average Bonchev–Trinajstić information content (AvgIpc) is 2.64. The summed E-state index contributed by atoms with van der Waals surface area (Å²) in [6, 6.07) is 7.03. The Morgan fingerprint density at radius 1 is 1.23 bits per heavy atom. The molecule has 6 nitrogen and oxygen atoms in total. The van der Waals surface area contributed by atoms with Gasteiger partial charge in [-0.2, -0.15) is 0 Å². The minimum Gasteiger partial charge on any atom is -0.497 e. The fourth-order valence-corrected chi connectivity index (χ4v) is 3.47. The number of likely N-dealkylation sites (tertiary alicyclic amines) is 1. The van der Waals surface area contributed by atoms with Crippen LogP contribution >= 0.6 is 0 Å².